The first-order valence-corrected chi connectivity index (χ1v) is 11.8. The van der Waals surface area contributed by atoms with E-state index in [0.717, 1.165) is 42.9 Å². The molecule has 4 aromatic rings. The molecule has 2 aromatic heterocycles. The first kappa shape index (κ1) is 24.9. The van der Waals surface area contributed by atoms with Crippen molar-refractivity contribution in [2.75, 3.05) is 38.2 Å². The van der Waals surface area contributed by atoms with E-state index in [2.05, 4.69) is 20.7 Å². The topological polar surface area (TPSA) is 114 Å². The molecule has 0 aliphatic carbocycles. The molecule has 0 unspecified atom stereocenters. The standard InChI is InChI=1S/C23H19N5O2.C4H9NO/c1-3-30-23(29)20-19(16-10-6-4-7-11-16)18-15(2)27-28(17-12-8-5-9-13-17)22(18)26-21(20)25-14-24;1-3-6-4-2-5-1/h4-13H,3H2,1-2H3,(H,25,26);5H,1-4H2. The van der Waals surface area contributed by atoms with Gasteiger partial charge >= 0.3 is 5.97 Å². The molecule has 3 heterocycles. The first-order chi connectivity index (χ1) is 17.7. The highest BCUT2D eigenvalue weighted by Gasteiger charge is 2.27. The Bertz CT molecular complexity index is 1350. The summed E-state index contributed by atoms with van der Waals surface area (Å²) in [5, 5.41) is 20.4. The summed E-state index contributed by atoms with van der Waals surface area (Å²) >= 11 is 0. The second kappa shape index (κ2) is 11.9. The summed E-state index contributed by atoms with van der Waals surface area (Å²) in [5.41, 5.74) is 3.75. The molecule has 2 aromatic carbocycles. The van der Waals surface area contributed by atoms with E-state index in [4.69, 9.17) is 9.47 Å². The number of benzene rings is 2. The van der Waals surface area contributed by atoms with Gasteiger partial charge in [-0.2, -0.15) is 10.4 Å². The molecular formula is C27H28N6O3. The molecule has 1 aliphatic rings. The number of hydrogen-bond donors (Lipinski definition) is 2. The molecule has 2 N–H and O–H groups in total. The van der Waals surface area contributed by atoms with Crippen LogP contribution in [0.15, 0.2) is 60.7 Å². The number of morpholine rings is 1. The number of ether oxygens (including phenoxy) is 2. The highest BCUT2D eigenvalue weighted by Crippen LogP contribution is 2.38. The average molecular weight is 485 g/mol. The molecule has 36 heavy (non-hydrogen) atoms. The zero-order valence-electron chi connectivity index (χ0n) is 20.3. The van der Waals surface area contributed by atoms with Crippen molar-refractivity contribution >= 4 is 22.8 Å². The van der Waals surface area contributed by atoms with Crippen LogP contribution in [-0.4, -0.2) is 53.6 Å². The predicted molar refractivity (Wildman–Crippen MR) is 138 cm³/mol. The Labute approximate surface area is 209 Å². The maximum atomic E-state index is 12.9. The van der Waals surface area contributed by atoms with E-state index >= 15 is 0 Å². The van der Waals surface area contributed by atoms with Crippen molar-refractivity contribution in [2.45, 2.75) is 13.8 Å². The summed E-state index contributed by atoms with van der Waals surface area (Å²) in [5.74, 6) is -0.408. The zero-order valence-corrected chi connectivity index (χ0v) is 20.3. The van der Waals surface area contributed by atoms with Crippen LogP contribution in [0.2, 0.25) is 0 Å². The van der Waals surface area contributed by atoms with Crippen LogP contribution < -0.4 is 10.6 Å². The smallest absolute Gasteiger partial charge is 0.342 e. The van der Waals surface area contributed by atoms with Crippen molar-refractivity contribution in [1.29, 1.82) is 5.26 Å². The fraction of sp³-hybridized carbons (Fsp3) is 0.259. The lowest BCUT2D eigenvalue weighted by Crippen LogP contribution is -2.30. The third kappa shape index (κ3) is 5.35. The Morgan fingerprint density at radius 3 is 2.36 bits per heavy atom. The van der Waals surface area contributed by atoms with Gasteiger partial charge in [0.05, 0.1) is 36.6 Å². The number of nitrogens with one attached hydrogen (secondary N) is 2. The third-order valence-electron chi connectivity index (χ3n) is 5.55. The van der Waals surface area contributed by atoms with Gasteiger partial charge in [0.25, 0.3) is 0 Å². The van der Waals surface area contributed by atoms with Crippen LogP contribution in [0.4, 0.5) is 5.82 Å². The minimum atomic E-state index is -0.546. The van der Waals surface area contributed by atoms with Crippen molar-refractivity contribution in [3.05, 3.63) is 71.9 Å². The summed E-state index contributed by atoms with van der Waals surface area (Å²) < 4.78 is 12.0. The molecule has 1 fully saturated rings. The van der Waals surface area contributed by atoms with E-state index in [-0.39, 0.29) is 18.0 Å². The largest absolute Gasteiger partial charge is 0.462 e. The number of aromatic nitrogens is 3. The molecule has 9 heteroatoms. The minimum Gasteiger partial charge on any atom is -0.462 e. The van der Waals surface area contributed by atoms with Gasteiger partial charge in [-0.3, -0.25) is 5.32 Å². The van der Waals surface area contributed by atoms with E-state index < -0.39 is 5.97 Å². The van der Waals surface area contributed by atoms with E-state index in [1.165, 1.54) is 0 Å². The highest BCUT2D eigenvalue weighted by atomic mass is 16.5. The van der Waals surface area contributed by atoms with Crippen molar-refractivity contribution in [3.8, 4) is 23.0 Å². The molecule has 1 aliphatic heterocycles. The van der Waals surface area contributed by atoms with Gasteiger partial charge in [0.1, 0.15) is 5.56 Å². The molecule has 184 valence electrons. The Balaban J connectivity index is 0.000000445. The zero-order chi connectivity index (χ0) is 25.3. The van der Waals surface area contributed by atoms with Crippen LogP contribution in [0.1, 0.15) is 23.0 Å². The fourth-order valence-corrected chi connectivity index (χ4v) is 4.02. The summed E-state index contributed by atoms with van der Waals surface area (Å²) in [7, 11) is 0. The number of pyridine rings is 1. The monoisotopic (exact) mass is 484 g/mol. The van der Waals surface area contributed by atoms with Crippen LogP contribution in [0.3, 0.4) is 0 Å². The lowest BCUT2D eigenvalue weighted by Gasteiger charge is -2.15. The van der Waals surface area contributed by atoms with Crippen LogP contribution in [0, 0.1) is 18.4 Å². The van der Waals surface area contributed by atoms with E-state index in [0.29, 0.717) is 16.9 Å². The average Bonchev–Trinajstić information content (AvgIpc) is 3.26. The summed E-state index contributed by atoms with van der Waals surface area (Å²) in [4.78, 5) is 17.5. The van der Waals surface area contributed by atoms with E-state index in [1.54, 1.807) is 11.6 Å². The Morgan fingerprint density at radius 1 is 1.14 bits per heavy atom. The van der Waals surface area contributed by atoms with Gasteiger partial charge in [-0.25, -0.2) is 14.5 Å². The SMILES string of the molecule is C1COCCN1.CCOC(=O)c1c(NC#N)nc2c(c(C)nn2-c2ccccc2)c1-c1ccccc1. The summed E-state index contributed by atoms with van der Waals surface area (Å²) in [6.07, 6.45) is 1.88. The van der Waals surface area contributed by atoms with Crippen LogP contribution >= 0.6 is 0 Å². The van der Waals surface area contributed by atoms with Gasteiger partial charge in [0, 0.05) is 18.7 Å². The molecule has 5 rings (SSSR count). The lowest BCUT2D eigenvalue weighted by atomic mass is 9.96. The van der Waals surface area contributed by atoms with Crippen LogP contribution in [-0.2, 0) is 9.47 Å². The van der Waals surface area contributed by atoms with Gasteiger partial charge in [0.2, 0.25) is 0 Å². The van der Waals surface area contributed by atoms with Crippen molar-refractivity contribution < 1.29 is 14.3 Å². The van der Waals surface area contributed by atoms with Gasteiger partial charge in [-0.05, 0) is 31.5 Å². The second-order valence-electron chi connectivity index (χ2n) is 7.93. The molecule has 0 radical (unpaired) electrons. The van der Waals surface area contributed by atoms with E-state index in [9.17, 15) is 10.1 Å². The molecule has 1 saturated heterocycles. The number of anilines is 1. The van der Waals surface area contributed by atoms with Crippen molar-refractivity contribution in [1.82, 2.24) is 20.1 Å². The number of aryl methyl sites for hydroxylation is 1. The number of nitriles is 1. The van der Waals surface area contributed by atoms with Crippen molar-refractivity contribution in [3.63, 3.8) is 0 Å². The van der Waals surface area contributed by atoms with Gasteiger partial charge in [-0.15, -0.1) is 0 Å². The van der Waals surface area contributed by atoms with Gasteiger partial charge in [-0.1, -0.05) is 48.5 Å². The maximum Gasteiger partial charge on any atom is 0.342 e. The van der Waals surface area contributed by atoms with E-state index in [1.807, 2.05) is 73.8 Å². The van der Waals surface area contributed by atoms with Crippen molar-refractivity contribution in [2.24, 2.45) is 0 Å². The fourth-order valence-electron chi connectivity index (χ4n) is 4.02. The number of esters is 1. The molecule has 0 spiro atoms. The maximum absolute atomic E-state index is 12.9. The second-order valence-corrected chi connectivity index (χ2v) is 7.93. The molecule has 0 amide bonds. The Hall–Kier alpha value is -4.26. The number of rotatable bonds is 5. The Kier molecular flexibility index (Phi) is 8.24. The van der Waals surface area contributed by atoms with Crippen LogP contribution in [0.5, 0.6) is 0 Å². The summed E-state index contributed by atoms with van der Waals surface area (Å²) in [6.45, 7) is 7.66. The number of para-hydroxylation sites is 1. The summed E-state index contributed by atoms with van der Waals surface area (Å²) in [6, 6.07) is 19.1. The minimum absolute atomic E-state index is 0.138. The molecular weight excluding hydrogens is 456 g/mol. The molecule has 0 bridgehead atoms. The number of carbonyl (C=O) groups excluding carboxylic acids is 1. The van der Waals surface area contributed by atoms with Gasteiger partial charge in [0.15, 0.2) is 17.7 Å². The first-order valence-electron chi connectivity index (χ1n) is 11.8. The predicted octanol–water partition coefficient (Wildman–Crippen LogP) is 4.07. The molecule has 0 saturated carbocycles. The molecule has 0 atom stereocenters. The normalized spacial score (nSPS) is 12.8. The number of carbonyl (C=O) groups is 1. The van der Waals surface area contributed by atoms with Crippen LogP contribution in [0.25, 0.3) is 27.8 Å². The number of hydrogen-bond acceptors (Lipinski definition) is 8. The molecule has 9 nitrogen and oxygen atoms in total. The number of nitrogens with zero attached hydrogens (tertiary/aromatic N) is 4. The quantitative estimate of drug-likeness (QED) is 0.248. The number of fused-ring (bicyclic) bond motifs is 1. The van der Waals surface area contributed by atoms with Gasteiger partial charge < -0.3 is 14.8 Å². The third-order valence-corrected chi connectivity index (χ3v) is 5.55. The lowest BCUT2D eigenvalue weighted by molar-refractivity contribution is 0.0528. The highest BCUT2D eigenvalue weighted by molar-refractivity contribution is 6.11. The Morgan fingerprint density at radius 2 is 1.81 bits per heavy atom.